The van der Waals surface area contributed by atoms with Gasteiger partial charge in [0.25, 0.3) is 0 Å². The summed E-state index contributed by atoms with van der Waals surface area (Å²) in [5.74, 6) is 2.06. The zero-order chi connectivity index (χ0) is 14.7. The smallest absolute Gasteiger partial charge is 0.242 e. The van der Waals surface area contributed by atoms with E-state index in [-0.39, 0.29) is 18.4 Å². The van der Waals surface area contributed by atoms with E-state index in [9.17, 15) is 9.59 Å². The van der Waals surface area contributed by atoms with Crippen molar-refractivity contribution in [3.05, 3.63) is 18.6 Å². The summed E-state index contributed by atoms with van der Waals surface area (Å²) in [4.78, 5) is 37.7. The van der Waals surface area contributed by atoms with Crippen LogP contribution in [0.3, 0.4) is 0 Å². The molecule has 0 unspecified atom stereocenters. The highest BCUT2D eigenvalue weighted by atomic mass is 32.2. The maximum Gasteiger partial charge on any atom is 0.242 e. The Hall–Kier alpha value is -1.83. The summed E-state index contributed by atoms with van der Waals surface area (Å²) >= 11 is 1.56. The van der Waals surface area contributed by atoms with Crippen molar-refractivity contribution in [3.8, 4) is 0 Å². The number of carbonyl (C=O) groups excluding carboxylic acids is 2. The summed E-state index contributed by atoms with van der Waals surface area (Å²) in [6, 6.07) is 0. The topological polar surface area (TPSA) is 69.6 Å². The molecule has 8 heteroatoms. The van der Waals surface area contributed by atoms with Crippen LogP contribution in [-0.2, 0) is 9.59 Å². The first-order valence-electron chi connectivity index (χ1n) is 6.88. The number of aromatic nitrogens is 2. The van der Waals surface area contributed by atoms with Gasteiger partial charge < -0.3 is 14.7 Å². The average molecular weight is 307 g/mol. The van der Waals surface area contributed by atoms with E-state index in [0.717, 1.165) is 18.9 Å². The molecule has 3 rings (SSSR count). The Balaban J connectivity index is 1.51. The minimum atomic E-state index is 0.0321. The van der Waals surface area contributed by atoms with Crippen LogP contribution in [0.25, 0.3) is 0 Å². The highest BCUT2D eigenvalue weighted by molar-refractivity contribution is 8.00. The quantitative estimate of drug-likeness (QED) is 0.761. The van der Waals surface area contributed by atoms with Crippen LogP contribution in [0.1, 0.15) is 0 Å². The number of piperazine rings is 1. The highest BCUT2D eigenvalue weighted by Crippen LogP contribution is 2.16. The van der Waals surface area contributed by atoms with E-state index in [1.807, 2.05) is 4.90 Å². The number of thioether (sulfide) groups is 1. The second-order valence-corrected chi connectivity index (χ2v) is 5.96. The molecule has 2 aliphatic rings. The second kappa shape index (κ2) is 6.30. The van der Waals surface area contributed by atoms with Gasteiger partial charge in [-0.25, -0.2) is 4.98 Å². The fourth-order valence-electron chi connectivity index (χ4n) is 2.44. The Kier molecular flexibility index (Phi) is 4.23. The molecular weight excluding hydrogens is 290 g/mol. The van der Waals surface area contributed by atoms with Gasteiger partial charge in [-0.1, -0.05) is 0 Å². The van der Waals surface area contributed by atoms with Crippen molar-refractivity contribution < 1.29 is 9.59 Å². The van der Waals surface area contributed by atoms with Crippen LogP contribution < -0.4 is 4.90 Å². The Morgan fingerprint density at radius 3 is 2.67 bits per heavy atom. The summed E-state index contributed by atoms with van der Waals surface area (Å²) in [6.07, 6.45) is 5.05. The van der Waals surface area contributed by atoms with Crippen LogP contribution in [-0.4, -0.2) is 75.9 Å². The lowest BCUT2D eigenvalue weighted by atomic mass is 10.3. The lowest BCUT2D eigenvalue weighted by Crippen LogP contribution is -2.51. The summed E-state index contributed by atoms with van der Waals surface area (Å²) in [5.41, 5.74) is 0. The van der Waals surface area contributed by atoms with E-state index < -0.39 is 0 Å². The molecule has 2 fully saturated rings. The molecule has 7 nitrogen and oxygen atoms in total. The number of anilines is 1. The van der Waals surface area contributed by atoms with Crippen molar-refractivity contribution in [3.63, 3.8) is 0 Å². The molecule has 0 bridgehead atoms. The van der Waals surface area contributed by atoms with E-state index in [1.54, 1.807) is 35.3 Å². The fraction of sp³-hybridized carbons (Fsp3) is 0.538. The van der Waals surface area contributed by atoms with Crippen LogP contribution in [0.5, 0.6) is 0 Å². The van der Waals surface area contributed by atoms with Crippen molar-refractivity contribution in [2.75, 3.05) is 49.3 Å². The van der Waals surface area contributed by atoms with E-state index in [1.165, 1.54) is 0 Å². The summed E-state index contributed by atoms with van der Waals surface area (Å²) in [6.45, 7) is 3.01. The van der Waals surface area contributed by atoms with Crippen LogP contribution in [0.4, 0.5) is 5.82 Å². The van der Waals surface area contributed by atoms with Gasteiger partial charge in [-0.15, -0.1) is 11.8 Å². The Morgan fingerprint density at radius 2 is 2.05 bits per heavy atom. The molecule has 1 aromatic heterocycles. The number of amides is 2. The molecule has 0 spiro atoms. The normalized spacial score (nSPS) is 19.2. The standard InChI is InChI=1S/C13H17N5O2S/c19-12(8-18-10-21-9-13(18)20)17-5-3-16(4-6-17)11-7-14-1-2-15-11/h1-2,7H,3-6,8-10H2. The third-order valence-corrected chi connectivity index (χ3v) is 4.60. The van der Waals surface area contributed by atoms with Crippen LogP contribution >= 0.6 is 11.8 Å². The van der Waals surface area contributed by atoms with Gasteiger partial charge in [0.15, 0.2) is 0 Å². The first kappa shape index (κ1) is 14.1. The van der Waals surface area contributed by atoms with Crippen LogP contribution in [0.15, 0.2) is 18.6 Å². The number of hydrogen-bond acceptors (Lipinski definition) is 6. The third-order valence-electron chi connectivity index (χ3n) is 3.66. The summed E-state index contributed by atoms with van der Waals surface area (Å²) < 4.78 is 0. The molecule has 2 saturated heterocycles. The zero-order valence-corrected chi connectivity index (χ0v) is 12.5. The molecule has 0 aromatic carbocycles. The molecule has 0 N–H and O–H groups in total. The number of nitrogens with zero attached hydrogens (tertiary/aromatic N) is 5. The molecule has 3 heterocycles. The van der Waals surface area contributed by atoms with E-state index in [2.05, 4.69) is 14.9 Å². The average Bonchev–Trinajstić information content (AvgIpc) is 2.93. The Morgan fingerprint density at radius 1 is 1.24 bits per heavy atom. The molecule has 0 radical (unpaired) electrons. The summed E-state index contributed by atoms with van der Waals surface area (Å²) in [5, 5.41) is 0. The van der Waals surface area contributed by atoms with Crippen LogP contribution in [0.2, 0.25) is 0 Å². The Labute approximate surface area is 127 Å². The molecule has 21 heavy (non-hydrogen) atoms. The van der Waals surface area contributed by atoms with Gasteiger partial charge in [0.2, 0.25) is 11.8 Å². The molecule has 2 amide bonds. The minimum absolute atomic E-state index is 0.0321. The molecule has 1 aromatic rings. The first-order chi connectivity index (χ1) is 10.2. The van der Waals surface area contributed by atoms with Gasteiger partial charge in [0.05, 0.1) is 17.8 Å². The molecule has 0 atom stereocenters. The van der Waals surface area contributed by atoms with Crippen molar-refractivity contribution in [1.29, 1.82) is 0 Å². The molecule has 112 valence electrons. The number of rotatable bonds is 3. The predicted octanol–water partition coefficient (Wildman–Crippen LogP) is -0.342. The SMILES string of the molecule is O=C(CN1CSCC1=O)N1CCN(c2cnccn2)CC1. The second-order valence-electron chi connectivity index (χ2n) is 5.00. The van der Waals surface area contributed by atoms with Crippen molar-refractivity contribution in [2.24, 2.45) is 0 Å². The Bertz CT molecular complexity index is 519. The number of carbonyl (C=O) groups is 2. The van der Waals surface area contributed by atoms with Crippen LogP contribution in [0, 0.1) is 0 Å². The molecule has 2 aliphatic heterocycles. The van der Waals surface area contributed by atoms with Gasteiger partial charge in [-0.05, 0) is 0 Å². The van der Waals surface area contributed by atoms with Gasteiger partial charge in [-0.3, -0.25) is 14.6 Å². The molecular formula is C13H17N5O2S. The van der Waals surface area contributed by atoms with E-state index in [4.69, 9.17) is 0 Å². The van der Waals surface area contributed by atoms with Crippen molar-refractivity contribution >= 4 is 29.4 Å². The molecule has 0 aliphatic carbocycles. The predicted molar refractivity (Wildman–Crippen MR) is 79.9 cm³/mol. The van der Waals surface area contributed by atoms with Gasteiger partial charge in [0.1, 0.15) is 12.4 Å². The third kappa shape index (κ3) is 3.26. The maximum atomic E-state index is 12.2. The largest absolute Gasteiger partial charge is 0.352 e. The van der Waals surface area contributed by atoms with Gasteiger partial charge in [0, 0.05) is 38.6 Å². The van der Waals surface area contributed by atoms with Gasteiger partial charge >= 0.3 is 0 Å². The molecule has 0 saturated carbocycles. The highest BCUT2D eigenvalue weighted by Gasteiger charge is 2.27. The summed E-state index contributed by atoms with van der Waals surface area (Å²) in [7, 11) is 0. The first-order valence-corrected chi connectivity index (χ1v) is 8.04. The van der Waals surface area contributed by atoms with E-state index in [0.29, 0.717) is 24.7 Å². The lowest BCUT2D eigenvalue weighted by molar-refractivity contribution is -0.138. The monoisotopic (exact) mass is 307 g/mol. The van der Waals surface area contributed by atoms with Crippen molar-refractivity contribution in [2.45, 2.75) is 0 Å². The van der Waals surface area contributed by atoms with Gasteiger partial charge in [-0.2, -0.15) is 0 Å². The van der Waals surface area contributed by atoms with E-state index >= 15 is 0 Å². The fourth-order valence-corrected chi connectivity index (χ4v) is 3.35. The lowest BCUT2D eigenvalue weighted by Gasteiger charge is -2.35. The number of hydrogen-bond donors (Lipinski definition) is 0. The zero-order valence-electron chi connectivity index (χ0n) is 11.6. The van der Waals surface area contributed by atoms with Crippen molar-refractivity contribution in [1.82, 2.24) is 19.8 Å². The maximum absolute atomic E-state index is 12.2. The minimum Gasteiger partial charge on any atom is -0.352 e.